The fraction of sp³-hybridized carbons (Fsp3) is 0.800. The van der Waals surface area contributed by atoms with Gasteiger partial charge in [-0.05, 0) is 19.3 Å². The highest BCUT2D eigenvalue weighted by molar-refractivity contribution is 6.05. The van der Waals surface area contributed by atoms with E-state index in [9.17, 15) is 22.8 Å². The third-order valence-corrected chi connectivity index (χ3v) is 3.54. The molecule has 0 aromatic rings. The van der Waals surface area contributed by atoms with Crippen LogP contribution in [0.3, 0.4) is 0 Å². The van der Waals surface area contributed by atoms with E-state index in [0.717, 1.165) is 0 Å². The molecule has 2 amide bonds. The molecule has 0 radical (unpaired) electrons. The molecule has 0 aromatic heterocycles. The summed E-state index contributed by atoms with van der Waals surface area (Å²) in [6.45, 7) is 0. The predicted molar refractivity (Wildman–Crippen MR) is 48.2 cm³/mol. The summed E-state index contributed by atoms with van der Waals surface area (Å²) >= 11 is 0. The minimum atomic E-state index is -4.26. The normalized spacial score (nSPS) is 35.6. The molecule has 2 aliphatic rings. The third kappa shape index (κ3) is 1.81. The van der Waals surface area contributed by atoms with Gasteiger partial charge in [0.05, 0.1) is 11.3 Å². The van der Waals surface area contributed by atoms with Crippen molar-refractivity contribution in [2.75, 3.05) is 0 Å². The molecule has 1 heterocycles. The van der Waals surface area contributed by atoms with E-state index in [4.69, 9.17) is 0 Å². The average molecular weight is 235 g/mol. The fourth-order valence-corrected chi connectivity index (χ4v) is 2.70. The van der Waals surface area contributed by atoms with E-state index in [2.05, 4.69) is 5.32 Å². The summed E-state index contributed by atoms with van der Waals surface area (Å²) in [6, 6.07) is 0. The number of hydrogen-bond acceptors (Lipinski definition) is 2. The molecule has 0 bridgehead atoms. The first kappa shape index (κ1) is 11.4. The van der Waals surface area contributed by atoms with Gasteiger partial charge in [-0.25, -0.2) is 0 Å². The fourth-order valence-electron chi connectivity index (χ4n) is 2.70. The number of hydrogen-bond donors (Lipinski definition) is 1. The van der Waals surface area contributed by atoms with Crippen molar-refractivity contribution in [2.24, 2.45) is 11.3 Å². The Kier molecular flexibility index (Phi) is 2.47. The second-order valence-electron chi connectivity index (χ2n) is 4.67. The van der Waals surface area contributed by atoms with Crippen LogP contribution < -0.4 is 5.32 Å². The molecule has 2 unspecified atom stereocenters. The van der Waals surface area contributed by atoms with Crippen LogP contribution in [0.4, 0.5) is 13.2 Å². The highest BCUT2D eigenvalue weighted by atomic mass is 19.4. The molecule has 2 atom stereocenters. The quantitative estimate of drug-likeness (QED) is 0.650. The Hall–Kier alpha value is -1.07. The maximum Gasteiger partial charge on any atom is 0.391 e. The van der Waals surface area contributed by atoms with Gasteiger partial charge in [0.2, 0.25) is 11.8 Å². The van der Waals surface area contributed by atoms with Crippen LogP contribution in [0.2, 0.25) is 0 Å². The van der Waals surface area contributed by atoms with Gasteiger partial charge >= 0.3 is 6.18 Å². The average Bonchev–Trinajstić information content (AvgIpc) is 2.40. The number of carbonyl (C=O) groups excluding carboxylic acids is 2. The van der Waals surface area contributed by atoms with E-state index < -0.39 is 29.3 Å². The minimum absolute atomic E-state index is 0.0622. The van der Waals surface area contributed by atoms with Gasteiger partial charge < -0.3 is 0 Å². The molecule has 90 valence electrons. The summed E-state index contributed by atoms with van der Waals surface area (Å²) in [5, 5.41) is 2.10. The lowest BCUT2D eigenvalue weighted by Crippen LogP contribution is -2.40. The lowest BCUT2D eigenvalue weighted by atomic mass is 9.68. The zero-order valence-corrected chi connectivity index (χ0v) is 8.56. The topological polar surface area (TPSA) is 46.2 Å². The van der Waals surface area contributed by atoms with Crippen LogP contribution in [-0.4, -0.2) is 18.0 Å². The third-order valence-electron chi connectivity index (χ3n) is 3.54. The zero-order chi connectivity index (χ0) is 12.0. The lowest BCUT2D eigenvalue weighted by molar-refractivity contribution is -0.192. The van der Waals surface area contributed by atoms with Crippen molar-refractivity contribution in [3.63, 3.8) is 0 Å². The summed E-state index contributed by atoms with van der Waals surface area (Å²) in [7, 11) is 0. The Morgan fingerprint density at radius 1 is 1.31 bits per heavy atom. The zero-order valence-electron chi connectivity index (χ0n) is 8.56. The van der Waals surface area contributed by atoms with Gasteiger partial charge in [-0.2, -0.15) is 13.2 Å². The van der Waals surface area contributed by atoms with Crippen LogP contribution in [0.5, 0.6) is 0 Å². The Labute approximate surface area is 90.4 Å². The van der Waals surface area contributed by atoms with Gasteiger partial charge in [-0.3, -0.25) is 14.9 Å². The van der Waals surface area contributed by atoms with Crippen molar-refractivity contribution >= 4 is 11.8 Å². The molecular weight excluding hydrogens is 223 g/mol. The number of halogens is 3. The number of carbonyl (C=O) groups is 2. The number of rotatable bonds is 0. The van der Waals surface area contributed by atoms with Crippen LogP contribution in [0, 0.1) is 11.3 Å². The van der Waals surface area contributed by atoms with Crippen molar-refractivity contribution in [2.45, 2.75) is 38.3 Å². The number of imide groups is 1. The molecule has 1 saturated heterocycles. The van der Waals surface area contributed by atoms with Crippen LogP contribution >= 0.6 is 0 Å². The summed E-state index contributed by atoms with van der Waals surface area (Å²) in [4.78, 5) is 22.6. The van der Waals surface area contributed by atoms with E-state index >= 15 is 0 Å². The molecule has 6 heteroatoms. The summed E-state index contributed by atoms with van der Waals surface area (Å²) in [5.74, 6) is -2.42. The first-order valence-electron chi connectivity index (χ1n) is 5.24. The molecule has 1 saturated carbocycles. The number of nitrogens with one attached hydrogen (secondary N) is 1. The molecule has 2 fully saturated rings. The lowest BCUT2D eigenvalue weighted by Gasteiger charge is -2.35. The van der Waals surface area contributed by atoms with Gasteiger partial charge in [0.1, 0.15) is 0 Å². The Morgan fingerprint density at radius 3 is 2.50 bits per heavy atom. The molecule has 1 aliphatic carbocycles. The second kappa shape index (κ2) is 3.46. The van der Waals surface area contributed by atoms with Gasteiger partial charge in [-0.1, -0.05) is 6.42 Å². The van der Waals surface area contributed by atoms with E-state index in [-0.39, 0.29) is 19.3 Å². The van der Waals surface area contributed by atoms with E-state index in [0.29, 0.717) is 12.8 Å². The minimum Gasteiger partial charge on any atom is -0.296 e. The van der Waals surface area contributed by atoms with Crippen molar-refractivity contribution in [1.29, 1.82) is 0 Å². The van der Waals surface area contributed by atoms with Crippen LogP contribution in [0.15, 0.2) is 0 Å². The molecular formula is C10H12F3NO2. The smallest absolute Gasteiger partial charge is 0.296 e. The van der Waals surface area contributed by atoms with E-state index in [1.165, 1.54) is 0 Å². The number of alkyl halides is 3. The highest BCUT2D eigenvalue weighted by Crippen LogP contribution is 2.49. The Bertz CT molecular complexity index is 339. The van der Waals surface area contributed by atoms with Crippen LogP contribution in [0.25, 0.3) is 0 Å². The first-order chi connectivity index (χ1) is 7.33. The summed E-state index contributed by atoms with van der Waals surface area (Å²) in [6.07, 6.45) is -3.79. The van der Waals surface area contributed by atoms with E-state index in [1.807, 2.05) is 0 Å². The Morgan fingerprint density at radius 2 is 2.00 bits per heavy atom. The first-order valence-corrected chi connectivity index (χ1v) is 5.24. The standard InChI is InChI=1S/C10H12F3NO2/c11-10(12,13)6-2-1-3-9(4-6)5-7(15)14-8(9)16/h6H,1-5H2,(H,14,15,16). The number of amides is 2. The van der Waals surface area contributed by atoms with Gasteiger partial charge in [0.25, 0.3) is 0 Å². The SMILES string of the molecule is O=C1CC2(CCCC(C(F)(F)F)C2)C(=O)N1. The van der Waals surface area contributed by atoms with Crippen LogP contribution in [-0.2, 0) is 9.59 Å². The molecule has 1 N–H and O–H groups in total. The van der Waals surface area contributed by atoms with Crippen molar-refractivity contribution < 1.29 is 22.8 Å². The summed E-state index contributed by atoms with van der Waals surface area (Å²) < 4.78 is 37.8. The largest absolute Gasteiger partial charge is 0.391 e. The summed E-state index contributed by atoms with van der Waals surface area (Å²) in [5.41, 5.74) is -1.09. The Balaban J connectivity index is 2.18. The maximum absolute atomic E-state index is 12.6. The van der Waals surface area contributed by atoms with Crippen molar-refractivity contribution in [3.8, 4) is 0 Å². The molecule has 1 spiro atoms. The van der Waals surface area contributed by atoms with E-state index in [1.54, 1.807) is 0 Å². The van der Waals surface area contributed by atoms with Crippen LogP contribution in [0.1, 0.15) is 32.1 Å². The monoisotopic (exact) mass is 235 g/mol. The molecule has 16 heavy (non-hydrogen) atoms. The van der Waals surface area contributed by atoms with Crippen molar-refractivity contribution in [1.82, 2.24) is 5.32 Å². The highest BCUT2D eigenvalue weighted by Gasteiger charge is 2.54. The molecule has 0 aromatic carbocycles. The molecule has 1 aliphatic heterocycles. The second-order valence-corrected chi connectivity index (χ2v) is 4.67. The van der Waals surface area contributed by atoms with Gasteiger partial charge in [0.15, 0.2) is 0 Å². The van der Waals surface area contributed by atoms with Gasteiger partial charge in [0, 0.05) is 6.42 Å². The molecule has 3 nitrogen and oxygen atoms in total. The van der Waals surface area contributed by atoms with Gasteiger partial charge in [-0.15, -0.1) is 0 Å². The molecule has 2 rings (SSSR count). The van der Waals surface area contributed by atoms with Crippen molar-refractivity contribution in [3.05, 3.63) is 0 Å². The maximum atomic E-state index is 12.6. The predicted octanol–water partition coefficient (Wildman–Crippen LogP) is 1.77.